The Morgan fingerprint density at radius 2 is 2.00 bits per heavy atom. The van der Waals surface area contributed by atoms with Gasteiger partial charge in [0, 0.05) is 37.3 Å². The van der Waals surface area contributed by atoms with Crippen molar-refractivity contribution in [2.75, 3.05) is 32.8 Å². The summed E-state index contributed by atoms with van der Waals surface area (Å²) >= 11 is 1.10. The summed E-state index contributed by atoms with van der Waals surface area (Å²) in [7, 11) is 0. The number of aromatic nitrogens is 2. The first-order valence-electron chi connectivity index (χ1n) is 8.93. The zero-order chi connectivity index (χ0) is 21.9. The summed E-state index contributed by atoms with van der Waals surface area (Å²) in [6.45, 7) is 9.01. The van der Waals surface area contributed by atoms with Crippen LogP contribution >= 0.6 is 11.7 Å². The number of aliphatic carboxylic acids is 2. The summed E-state index contributed by atoms with van der Waals surface area (Å²) in [6.07, 6.45) is 0.395. The van der Waals surface area contributed by atoms with Gasteiger partial charge in [-0.15, -0.1) is 4.37 Å². The fourth-order valence-corrected chi connectivity index (χ4v) is 2.57. The lowest BCUT2D eigenvalue weighted by molar-refractivity contribution is -0.134. The topological polar surface area (TPSA) is 163 Å². The molecule has 2 heterocycles. The van der Waals surface area contributed by atoms with Gasteiger partial charge in [0.2, 0.25) is 0 Å². The van der Waals surface area contributed by atoms with Gasteiger partial charge in [0.15, 0.2) is 0 Å². The van der Waals surface area contributed by atoms with Crippen molar-refractivity contribution in [3.63, 3.8) is 0 Å². The second kappa shape index (κ2) is 12.4. The molecular weight excluding hydrogens is 404 g/mol. The Labute approximate surface area is 173 Å². The summed E-state index contributed by atoms with van der Waals surface area (Å²) in [5.41, 5.74) is 0.679. The van der Waals surface area contributed by atoms with E-state index in [4.69, 9.17) is 19.7 Å². The number of hydrogen-bond donors (Lipinski definition) is 5. The van der Waals surface area contributed by atoms with Gasteiger partial charge in [-0.1, -0.05) is 0 Å². The first-order chi connectivity index (χ1) is 13.6. The number of aliphatic hydroxyl groups is 1. The van der Waals surface area contributed by atoms with Gasteiger partial charge in [0.25, 0.3) is 5.88 Å². The van der Waals surface area contributed by atoms with E-state index in [0.29, 0.717) is 43.4 Å². The van der Waals surface area contributed by atoms with Gasteiger partial charge in [-0.2, -0.15) is 4.37 Å². The molecule has 0 bridgehead atoms. The van der Waals surface area contributed by atoms with Gasteiger partial charge in [-0.25, -0.2) is 9.59 Å². The fourth-order valence-electron chi connectivity index (χ4n) is 2.03. The van der Waals surface area contributed by atoms with Gasteiger partial charge in [-0.05, 0) is 20.8 Å². The lowest BCUT2D eigenvalue weighted by Crippen LogP contribution is -2.42. The standard InChI is InChI=1S/C13H24N4O3S.C4H4O4/c1-13(2,3)15-6-9(18)8-20-12-11(16-21-17-12)10-7-14-4-5-19-10;5-3(6)1-2-4(7)8/h9-10,14-15,18H,4-8H2,1-3H3;1-2H,(H,5,6)(H,7,8). The molecule has 0 saturated carbocycles. The number of carboxylic acid groups (broad SMARTS) is 2. The minimum Gasteiger partial charge on any atom is -0.478 e. The van der Waals surface area contributed by atoms with Crippen LogP contribution in [0.2, 0.25) is 0 Å². The Kier molecular flexibility index (Phi) is 10.7. The largest absolute Gasteiger partial charge is 0.478 e. The highest BCUT2D eigenvalue weighted by atomic mass is 32.1. The Bertz CT molecular complexity index is 653. The molecule has 1 aromatic rings. The highest BCUT2D eigenvalue weighted by molar-refractivity contribution is 6.99. The van der Waals surface area contributed by atoms with E-state index in [-0.39, 0.29) is 18.2 Å². The minimum atomic E-state index is -1.26. The van der Waals surface area contributed by atoms with Crippen molar-refractivity contribution >= 4 is 23.7 Å². The molecular formula is C17H28N4O7S. The quantitative estimate of drug-likeness (QED) is 0.352. The van der Waals surface area contributed by atoms with E-state index in [1.807, 2.05) is 0 Å². The first kappa shape index (κ1) is 24.9. The minimum absolute atomic E-state index is 0.0318. The second-order valence-corrected chi connectivity index (χ2v) is 7.65. The van der Waals surface area contributed by atoms with Crippen LogP contribution in [0.1, 0.15) is 32.6 Å². The summed E-state index contributed by atoms with van der Waals surface area (Å²) in [5.74, 6) is -2.05. The Morgan fingerprint density at radius 3 is 2.52 bits per heavy atom. The molecule has 5 N–H and O–H groups in total. The van der Waals surface area contributed by atoms with E-state index in [9.17, 15) is 14.7 Å². The van der Waals surface area contributed by atoms with Gasteiger partial charge in [0.1, 0.15) is 24.5 Å². The Morgan fingerprint density at radius 1 is 1.34 bits per heavy atom. The molecule has 0 spiro atoms. The predicted molar refractivity (Wildman–Crippen MR) is 105 cm³/mol. The van der Waals surface area contributed by atoms with E-state index in [1.54, 1.807) is 0 Å². The number of nitrogens with one attached hydrogen (secondary N) is 2. The molecule has 12 heteroatoms. The molecule has 1 aromatic heterocycles. The van der Waals surface area contributed by atoms with E-state index >= 15 is 0 Å². The van der Waals surface area contributed by atoms with Crippen molar-refractivity contribution < 1.29 is 34.4 Å². The van der Waals surface area contributed by atoms with E-state index in [1.165, 1.54) is 0 Å². The molecule has 1 saturated heterocycles. The first-order valence-corrected chi connectivity index (χ1v) is 9.66. The maximum atomic E-state index is 9.94. The number of nitrogens with zero attached hydrogens (tertiary/aromatic N) is 2. The third-order valence-corrected chi connectivity index (χ3v) is 3.89. The van der Waals surface area contributed by atoms with Crippen LogP contribution in [0.15, 0.2) is 12.2 Å². The van der Waals surface area contributed by atoms with Crippen molar-refractivity contribution in [1.82, 2.24) is 19.4 Å². The number of β-amino-alcohol motifs (C(OH)–C–C–N with tert-alkyl or cyclic N) is 1. The molecule has 0 amide bonds. The zero-order valence-corrected chi connectivity index (χ0v) is 17.4. The van der Waals surface area contributed by atoms with Gasteiger partial charge >= 0.3 is 11.9 Å². The third-order valence-electron chi connectivity index (χ3n) is 3.36. The van der Waals surface area contributed by atoms with Crippen LogP contribution in [-0.4, -0.2) is 80.5 Å². The number of carboxylic acids is 2. The maximum Gasteiger partial charge on any atom is 0.328 e. The van der Waals surface area contributed by atoms with E-state index < -0.39 is 18.0 Å². The number of morpholine rings is 1. The predicted octanol–water partition coefficient (Wildman–Crippen LogP) is 0.0386. The summed E-state index contributed by atoms with van der Waals surface area (Å²) < 4.78 is 19.6. The molecule has 1 fully saturated rings. The van der Waals surface area contributed by atoms with Crippen LogP contribution in [0.3, 0.4) is 0 Å². The van der Waals surface area contributed by atoms with Crippen molar-refractivity contribution in [2.24, 2.45) is 0 Å². The number of carbonyl (C=O) groups is 2. The molecule has 2 atom stereocenters. The van der Waals surface area contributed by atoms with Gasteiger partial charge in [0.05, 0.1) is 18.3 Å². The monoisotopic (exact) mass is 432 g/mol. The lowest BCUT2D eigenvalue weighted by Gasteiger charge is -2.24. The molecule has 0 aromatic carbocycles. The third kappa shape index (κ3) is 11.5. The average molecular weight is 432 g/mol. The molecule has 164 valence electrons. The van der Waals surface area contributed by atoms with Crippen LogP contribution < -0.4 is 15.4 Å². The van der Waals surface area contributed by atoms with Crippen LogP contribution in [-0.2, 0) is 14.3 Å². The van der Waals surface area contributed by atoms with E-state index in [2.05, 4.69) is 40.2 Å². The fraction of sp³-hybridized carbons (Fsp3) is 0.647. The normalized spacial score (nSPS) is 18.0. The van der Waals surface area contributed by atoms with Crippen molar-refractivity contribution in [1.29, 1.82) is 0 Å². The second-order valence-electron chi connectivity index (χ2n) is 7.12. The number of ether oxygens (including phenoxy) is 2. The molecule has 11 nitrogen and oxygen atoms in total. The molecule has 0 aliphatic carbocycles. The number of rotatable bonds is 8. The van der Waals surface area contributed by atoms with E-state index in [0.717, 1.165) is 18.3 Å². The Hall–Kier alpha value is -2.12. The average Bonchev–Trinajstić information content (AvgIpc) is 3.12. The number of aliphatic hydroxyl groups excluding tert-OH is 1. The highest BCUT2D eigenvalue weighted by Gasteiger charge is 2.24. The smallest absolute Gasteiger partial charge is 0.328 e. The van der Waals surface area contributed by atoms with Crippen LogP contribution in [0.5, 0.6) is 5.88 Å². The van der Waals surface area contributed by atoms with Crippen molar-refractivity contribution in [3.05, 3.63) is 17.8 Å². The molecule has 1 aliphatic rings. The summed E-state index contributed by atoms with van der Waals surface area (Å²) in [5, 5.41) is 32.0. The van der Waals surface area contributed by atoms with Gasteiger partial charge < -0.3 is 35.4 Å². The molecule has 29 heavy (non-hydrogen) atoms. The Balaban J connectivity index is 0.000000447. The molecule has 1 aliphatic heterocycles. The highest BCUT2D eigenvalue weighted by Crippen LogP contribution is 2.26. The summed E-state index contributed by atoms with van der Waals surface area (Å²) in [6, 6.07) is 0. The zero-order valence-electron chi connectivity index (χ0n) is 16.6. The SMILES string of the molecule is CC(C)(C)NCC(O)COc1nsnc1C1CNCCO1.O=C(O)C=CC(=O)O. The lowest BCUT2D eigenvalue weighted by atomic mass is 10.1. The van der Waals surface area contributed by atoms with Gasteiger partial charge in [-0.3, -0.25) is 0 Å². The maximum absolute atomic E-state index is 9.94. The van der Waals surface area contributed by atoms with Crippen molar-refractivity contribution in [2.45, 2.75) is 38.5 Å². The summed E-state index contributed by atoms with van der Waals surface area (Å²) in [4.78, 5) is 19.1. The molecule has 2 rings (SSSR count). The van der Waals surface area contributed by atoms with Crippen LogP contribution in [0.4, 0.5) is 0 Å². The van der Waals surface area contributed by atoms with Crippen molar-refractivity contribution in [3.8, 4) is 5.88 Å². The molecule has 2 unspecified atom stereocenters. The molecule has 0 radical (unpaired) electrons. The number of hydrogen-bond acceptors (Lipinski definition) is 10. The van der Waals surface area contributed by atoms with Crippen LogP contribution in [0, 0.1) is 0 Å². The van der Waals surface area contributed by atoms with Crippen LogP contribution in [0.25, 0.3) is 0 Å².